The molecule has 0 nitrogen and oxygen atoms in total. The smallest absolute Gasteiger partial charge is 0.0194 e. The summed E-state index contributed by atoms with van der Waals surface area (Å²) in [6.45, 7) is 0. The molecular formula is C4H16. The van der Waals surface area contributed by atoms with E-state index >= 15 is 0 Å². The molecule has 0 aliphatic rings. The van der Waals surface area contributed by atoms with Crippen molar-refractivity contribution in [3.8, 4) is 0 Å². The van der Waals surface area contributed by atoms with Gasteiger partial charge in [-0.2, -0.15) is 0 Å². The Hall–Kier alpha value is 0. The Morgan fingerprint density at radius 1 is 1.00 bits per heavy atom. The molecule has 0 aromatic rings. The topological polar surface area (TPSA) is 0 Å². The van der Waals surface area contributed by atoms with Crippen molar-refractivity contribution in [3.05, 3.63) is 0 Å². The fourth-order valence-corrected chi connectivity index (χ4v) is 0. The molecule has 32 valence electrons. The van der Waals surface area contributed by atoms with Crippen molar-refractivity contribution in [2.75, 3.05) is 0 Å². The van der Waals surface area contributed by atoms with E-state index in [9.17, 15) is 0 Å². The summed E-state index contributed by atoms with van der Waals surface area (Å²) in [5.74, 6) is 0. The van der Waals surface area contributed by atoms with Crippen LogP contribution in [0.15, 0.2) is 0 Å². The highest BCUT2D eigenvalue weighted by molar-refractivity contribution is 2.51. The van der Waals surface area contributed by atoms with Crippen LogP contribution in [0.1, 0.15) is 35.1 Å². The second-order valence-electron chi connectivity index (χ2n) is 0. The average molecular weight is 72.2 g/mol. The molecule has 4 heavy (non-hydrogen) atoms. The summed E-state index contributed by atoms with van der Waals surface area (Å²) >= 11 is 0. The van der Waals surface area contributed by atoms with Gasteiger partial charge in [0.05, 0.1) is 0 Å². The maximum absolute atomic E-state index is 5.88. The van der Waals surface area contributed by atoms with E-state index in [-0.39, 0.29) is 29.6 Å². The summed E-state index contributed by atoms with van der Waals surface area (Å²) in [7, 11) is -0.500. The summed E-state index contributed by atoms with van der Waals surface area (Å²) in [4.78, 5) is 0. The maximum atomic E-state index is 5.88. The van der Waals surface area contributed by atoms with Crippen molar-refractivity contribution in [3.63, 3.8) is 0 Å². The predicted octanol–water partition coefficient (Wildman–Crippen LogP) is 2.54. The second kappa shape index (κ2) is 0. The van der Waals surface area contributed by atoms with Crippen LogP contribution in [0, 0.1) is 0 Å². The minimum absolute atomic E-state index is 0. The minimum atomic E-state index is -0.250. The van der Waals surface area contributed by atoms with E-state index in [0.29, 0.717) is 0 Å². The summed E-state index contributed by atoms with van der Waals surface area (Å²) in [5, 5.41) is 0. The number of hydrogen-bond acceptors (Lipinski definition) is 0. The monoisotopic (exact) mass is 72.2 g/mol. The quantitative estimate of drug-likeness (QED) is 0.412. The molecule has 0 aromatic carbocycles. The average Bonchev–Trinajstić information content (AvgIpc) is 1.39. The molecule has 0 bridgehead atoms. The fraction of sp³-hybridized carbons (Fsp3) is 1.00. The minimum Gasteiger partial charge on any atom is -0.0776 e. The van der Waals surface area contributed by atoms with Crippen molar-refractivity contribution in [1.29, 1.82) is 0 Å². The molecule has 0 heteroatoms. The summed E-state index contributed by atoms with van der Waals surface area (Å²) in [6.07, 6.45) is 0. The lowest BCUT2D eigenvalue weighted by atomic mass is 12.0. The van der Waals surface area contributed by atoms with E-state index in [1.54, 1.807) is 0 Å². The molecule has 0 unspecified atom stereocenters. The number of hydrogen-bond donors (Lipinski definition) is 0. The maximum Gasteiger partial charge on any atom is 0.0194 e. The third kappa shape index (κ3) is 0. The van der Waals surface area contributed by atoms with Crippen LogP contribution in [0.2, 0.25) is 0 Å². The first-order chi connectivity index (χ1) is 2.83. The Kier molecular flexibility index (Phi) is 0. The summed E-state index contributed by atoms with van der Waals surface area (Å²) in [5.41, 5.74) is 0. The van der Waals surface area contributed by atoms with Crippen molar-refractivity contribution in [2.24, 2.45) is 0 Å². The zero-order valence-electron chi connectivity index (χ0n) is 5.41. The molecule has 0 atom stereocenters. The first-order valence-electron chi connectivity index (χ1n) is 2.83. The van der Waals surface area contributed by atoms with Gasteiger partial charge < -0.3 is 0 Å². The zero-order valence-corrected chi connectivity index (χ0v) is 1.41. The van der Waals surface area contributed by atoms with Crippen LogP contribution in [0.5, 0.6) is 0 Å². The Balaban J connectivity index is -0.0000000160. The van der Waals surface area contributed by atoms with Crippen LogP contribution in [0.3, 0.4) is 0 Å². The van der Waals surface area contributed by atoms with Gasteiger partial charge in [-0.15, -0.1) is 0 Å². The molecule has 0 fully saturated rings. The van der Waals surface area contributed by atoms with Crippen LogP contribution < -0.4 is 0 Å². The molecule has 0 rings (SSSR count). The molecule has 0 N–H and O–H groups in total. The van der Waals surface area contributed by atoms with E-state index in [1.165, 1.54) is 0 Å². The molecule has 0 aliphatic heterocycles. The molecule has 0 saturated heterocycles. The Bertz CT molecular complexity index is 10.0. The van der Waals surface area contributed by atoms with E-state index in [0.717, 1.165) is 0 Å². The second-order valence-corrected chi connectivity index (χ2v) is 0. The molecule has 0 aromatic heterocycles. The third-order valence-electron chi connectivity index (χ3n) is 0. The van der Waals surface area contributed by atoms with Crippen LogP contribution in [-0.4, -0.2) is 0 Å². The lowest BCUT2D eigenvalue weighted by molar-refractivity contribution is 2.50. The number of rotatable bonds is 0. The van der Waals surface area contributed by atoms with Gasteiger partial charge in [0.25, 0.3) is 0 Å². The molecule has 0 aliphatic carbocycles. The normalized spacial score (nSPS) is 10.0. The van der Waals surface area contributed by atoms with Gasteiger partial charge in [-0.3, -0.25) is 0 Å². The van der Waals surface area contributed by atoms with Crippen LogP contribution in [-0.2, 0) is 0 Å². The van der Waals surface area contributed by atoms with Crippen molar-refractivity contribution in [2.45, 2.75) is 29.6 Å². The molecule has 0 spiro atoms. The van der Waals surface area contributed by atoms with Crippen LogP contribution in [0.25, 0.3) is 0 Å². The lowest BCUT2D eigenvalue weighted by Gasteiger charge is -0.0786. The largest absolute Gasteiger partial charge is 0.0776 e. The highest BCUT2D eigenvalue weighted by Crippen LogP contribution is 0.147. The van der Waals surface area contributed by atoms with Crippen LogP contribution in [0.4, 0.5) is 0 Å². The summed E-state index contributed by atoms with van der Waals surface area (Å²) < 4.78 is 23.5. The Morgan fingerprint density at radius 3 is 1.00 bits per heavy atom. The highest BCUT2D eigenvalue weighted by Gasteiger charge is -0.0746. The Labute approximate surface area is 36.5 Å². The van der Waals surface area contributed by atoms with Gasteiger partial charge in [-0.05, 0) is 0 Å². The first kappa shape index (κ1) is 2.25. The van der Waals surface area contributed by atoms with E-state index in [1.807, 2.05) is 0 Å². The van der Waals surface area contributed by atoms with Crippen LogP contribution >= 0.6 is 0 Å². The lowest BCUT2D eigenvalue weighted by Crippen LogP contribution is 0.143. The van der Waals surface area contributed by atoms with Gasteiger partial charge in [-0.25, -0.2) is 0 Å². The predicted molar refractivity (Wildman–Crippen MR) is 26.9 cm³/mol. The van der Waals surface area contributed by atoms with Gasteiger partial charge in [-0.1, -0.05) is 29.6 Å². The zero-order chi connectivity index (χ0) is 5.41. The third-order valence-corrected chi connectivity index (χ3v) is 0. The molecule has 0 saturated carbocycles. The van der Waals surface area contributed by atoms with E-state index < -0.39 is 0 Å². The van der Waals surface area contributed by atoms with Gasteiger partial charge in [0.15, 0.2) is 0 Å². The summed E-state index contributed by atoms with van der Waals surface area (Å²) in [6, 6.07) is 0. The molecule has 0 heterocycles. The van der Waals surface area contributed by atoms with Gasteiger partial charge in [0.2, 0.25) is 0 Å². The Morgan fingerprint density at radius 2 is 1.00 bits per heavy atom. The molecule has 0 radical (unpaired) electrons. The van der Waals surface area contributed by atoms with Crippen molar-refractivity contribution < 1.29 is 5.48 Å². The van der Waals surface area contributed by atoms with Gasteiger partial charge in [0.1, 0.15) is 0 Å². The standard InChI is InChI=1S/4CH4/h4*1H4/i2*1T2;;. The van der Waals surface area contributed by atoms with E-state index in [2.05, 4.69) is 0 Å². The molecule has 0 amide bonds. The fourth-order valence-electron chi connectivity index (χ4n) is 0. The van der Waals surface area contributed by atoms with Gasteiger partial charge in [0, 0.05) is 5.48 Å². The van der Waals surface area contributed by atoms with Crippen molar-refractivity contribution >= 4 is 0 Å². The SMILES string of the molecule is C.C.[3H]C[3H].[3H]C[3H]. The van der Waals surface area contributed by atoms with Crippen molar-refractivity contribution in [1.82, 2.24) is 0 Å². The van der Waals surface area contributed by atoms with E-state index in [4.69, 9.17) is 5.48 Å². The first-order valence-corrected chi connectivity index (χ1v) is 0. The molecular weight excluding hydrogens is 48.0 g/mol. The highest BCUT2D eigenvalue weighted by atomic mass is 12.0. The van der Waals surface area contributed by atoms with Gasteiger partial charge >= 0.3 is 0 Å².